The van der Waals surface area contributed by atoms with E-state index in [0.29, 0.717) is 29.2 Å². The quantitative estimate of drug-likeness (QED) is 0.785. The fourth-order valence-corrected chi connectivity index (χ4v) is 1.68. The zero-order valence-electron chi connectivity index (χ0n) is 12.1. The second-order valence-electron chi connectivity index (χ2n) is 4.16. The maximum Gasteiger partial charge on any atom is 0.303 e. The van der Waals surface area contributed by atoms with Gasteiger partial charge in [0, 0.05) is 0 Å². The summed E-state index contributed by atoms with van der Waals surface area (Å²) in [6, 6.07) is 0.624. The van der Waals surface area contributed by atoms with Crippen LogP contribution in [0.25, 0.3) is 18.2 Å². The minimum Gasteiger partial charge on any atom is -0.424 e. The van der Waals surface area contributed by atoms with Gasteiger partial charge < -0.3 is 8.83 Å². The van der Waals surface area contributed by atoms with Crippen LogP contribution >= 0.6 is 0 Å². The third-order valence-corrected chi connectivity index (χ3v) is 2.62. The first-order valence-electron chi connectivity index (χ1n) is 6.47. The summed E-state index contributed by atoms with van der Waals surface area (Å²) in [5.41, 5.74) is 1.42. The number of hydrogen-bond donors (Lipinski definition) is 1. The van der Waals surface area contributed by atoms with Crippen molar-refractivity contribution in [2.45, 2.75) is 13.8 Å². The molecule has 0 aliphatic heterocycles. The summed E-state index contributed by atoms with van der Waals surface area (Å²) in [5, 5.41) is 2.90. The minimum atomic E-state index is 0.304. The Balaban J connectivity index is 2.24. The van der Waals surface area contributed by atoms with Crippen molar-refractivity contribution >= 4 is 30.3 Å². The summed E-state index contributed by atoms with van der Waals surface area (Å²) in [7, 11) is 0. The van der Waals surface area contributed by atoms with Crippen molar-refractivity contribution in [2.24, 2.45) is 0 Å². The molecule has 0 aliphatic carbocycles. The standard InChI is InChI=1S/C16H17N3O2/c1-5-8-10-13-11(4)17-15(20-13)19-16-18-12(7-3)14(21-16)9-6-2/h5-10H,1,3H2,2,4H3,(H,17,18,19)/b9-6-,10-8-. The molecule has 0 saturated carbocycles. The molecule has 5 nitrogen and oxygen atoms in total. The molecular weight excluding hydrogens is 266 g/mol. The first-order chi connectivity index (χ1) is 10.2. The highest BCUT2D eigenvalue weighted by molar-refractivity contribution is 5.60. The van der Waals surface area contributed by atoms with Crippen molar-refractivity contribution < 1.29 is 8.83 Å². The minimum absolute atomic E-state index is 0.304. The molecule has 0 bridgehead atoms. The van der Waals surface area contributed by atoms with Crippen LogP contribution in [0.4, 0.5) is 12.0 Å². The Hall–Kier alpha value is -2.82. The summed E-state index contributed by atoms with van der Waals surface area (Å²) in [5.74, 6) is 1.28. The van der Waals surface area contributed by atoms with E-state index in [1.165, 1.54) is 0 Å². The first-order valence-corrected chi connectivity index (χ1v) is 6.47. The molecule has 108 valence electrons. The lowest BCUT2D eigenvalue weighted by Gasteiger charge is -1.93. The van der Waals surface area contributed by atoms with E-state index in [1.54, 1.807) is 24.3 Å². The van der Waals surface area contributed by atoms with Crippen LogP contribution in [0.15, 0.2) is 40.2 Å². The lowest BCUT2D eigenvalue weighted by molar-refractivity contribution is 0.539. The van der Waals surface area contributed by atoms with Crippen LogP contribution in [-0.2, 0) is 0 Å². The lowest BCUT2D eigenvalue weighted by Crippen LogP contribution is -1.90. The van der Waals surface area contributed by atoms with E-state index < -0.39 is 0 Å². The van der Waals surface area contributed by atoms with E-state index >= 15 is 0 Å². The van der Waals surface area contributed by atoms with Crippen molar-refractivity contribution in [3.63, 3.8) is 0 Å². The number of oxazole rings is 2. The topological polar surface area (TPSA) is 64.1 Å². The Morgan fingerprint density at radius 3 is 2.43 bits per heavy atom. The van der Waals surface area contributed by atoms with E-state index in [1.807, 2.05) is 26.0 Å². The Morgan fingerprint density at radius 1 is 1.05 bits per heavy atom. The summed E-state index contributed by atoms with van der Waals surface area (Å²) < 4.78 is 11.1. The van der Waals surface area contributed by atoms with Crippen LogP contribution in [0.2, 0.25) is 0 Å². The highest BCUT2D eigenvalue weighted by atomic mass is 16.4. The Kier molecular flexibility index (Phi) is 4.56. The zero-order chi connectivity index (χ0) is 15.2. The molecule has 0 aliphatic rings. The van der Waals surface area contributed by atoms with Crippen LogP contribution in [-0.4, -0.2) is 9.97 Å². The molecule has 2 aromatic heterocycles. The second kappa shape index (κ2) is 6.56. The van der Waals surface area contributed by atoms with E-state index in [2.05, 4.69) is 28.4 Å². The number of anilines is 2. The molecule has 0 fully saturated rings. The third-order valence-electron chi connectivity index (χ3n) is 2.62. The predicted octanol–water partition coefficient (Wildman–Crippen LogP) is 4.59. The molecule has 21 heavy (non-hydrogen) atoms. The summed E-state index contributed by atoms with van der Waals surface area (Å²) >= 11 is 0. The number of rotatable bonds is 6. The van der Waals surface area contributed by atoms with Gasteiger partial charge in [0.15, 0.2) is 11.5 Å². The fraction of sp³-hybridized carbons (Fsp3) is 0.125. The molecule has 2 rings (SSSR count). The molecule has 0 amide bonds. The smallest absolute Gasteiger partial charge is 0.303 e. The number of hydrogen-bond acceptors (Lipinski definition) is 5. The molecule has 0 atom stereocenters. The molecule has 0 saturated heterocycles. The van der Waals surface area contributed by atoms with Gasteiger partial charge in [-0.1, -0.05) is 31.4 Å². The van der Waals surface area contributed by atoms with Crippen LogP contribution < -0.4 is 5.32 Å². The van der Waals surface area contributed by atoms with Gasteiger partial charge in [0.2, 0.25) is 0 Å². The van der Waals surface area contributed by atoms with Crippen molar-refractivity contribution in [3.8, 4) is 0 Å². The average molecular weight is 283 g/mol. The van der Waals surface area contributed by atoms with Crippen molar-refractivity contribution in [2.75, 3.05) is 5.32 Å². The van der Waals surface area contributed by atoms with Crippen LogP contribution in [0.3, 0.4) is 0 Å². The Labute approximate surface area is 123 Å². The Morgan fingerprint density at radius 2 is 1.76 bits per heavy atom. The number of aryl methyl sites for hydroxylation is 1. The zero-order valence-corrected chi connectivity index (χ0v) is 12.1. The molecule has 2 aromatic rings. The molecular formula is C16H17N3O2. The monoisotopic (exact) mass is 283 g/mol. The van der Waals surface area contributed by atoms with Gasteiger partial charge in [-0.15, -0.1) is 0 Å². The average Bonchev–Trinajstić information content (AvgIpc) is 3.00. The number of allylic oxidation sites excluding steroid dienone is 3. The molecule has 0 aromatic carbocycles. The summed E-state index contributed by atoms with van der Waals surface area (Å²) in [6.07, 6.45) is 10.5. The SMILES string of the molecule is C=C/C=C\c1oc(Nc2nc(C=C)c(/C=C\C)o2)nc1C. The molecule has 0 radical (unpaired) electrons. The highest BCUT2D eigenvalue weighted by Crippen LogP contribution is 2.23. The van der Waals surface area contributed by atoms with Crippen molar-refractivity contribution in [3.05, 3.63) is 54.3 Å². The maximum atomic E-state index is 5.57. The lowest BCUT2D eigenvalue weighted by atomic mass is 10.3. The maximum absolute atomic E-state index is 5.57. The van der Waals surface area contributed by atoms with Gasteiger partial charge in [0.05, 0.1) is 5.69 Å². The third kappa shape index (κ3) is 3.39. The van der Waals surface area contributed by atoms with Gasteiger partial charge in [-0.3, -0.25) is 5.32 Å². The first kappa shape index (κ1) is 14.6. The van der Waals surface area contributed by atoms with E-state index in [-0.39, 0.29) is 0 Å². The largest absolute Gasteiger partial charge is 0.424 e. The van der Waals surface area contributed by atoms with Crippen LogP contribution in [0, 0.1) is 6.92 Å². The van der Waals surface area contributed by atoms with E-state index in [9.17, 15) is 0 Å². The van der Waals surface area contributed by atoms with Gasteiger partial charge in [-0.05, 0) is 32.1 Å². The van der Waals surface area contributed by atoms with Crippen molar-refractivity contribution in [1.82, 2.24) is 9.97 Å². The van der Waals surface area contributed by atoms with Crippen LogP contribution in [0.5, 0.6) is 0 Å². The molecule has 2 heterocycles. The highest BCUT2D eigenvalue weighted by Gasteiger charge is 2.12. The van der Waals surface area contributed by atoms with Crippen LogP contribution in [0.1, 0.15) is 29.8 Å². The van der Waals surface area contributed by atoms with E-state index in [0.717, 1.165) is 5.69 Å². The molecule has 0 spiro atoms. The second-order valence-corrected chi connectivity index (χ2v) is 4.16. The summed E-state index contributed by atoms with van der Waals surface area (Å²) in [6.45, 7) is 11.1. The molecule has 1 N–H and O–H groups in total. The van der Waals surface area contributed by atoms with Gasteiger partial charge in [0.25, 0.3) is 0 Å². The number of nitrogens with one attached hydrogen (secondary N) is 1. The van der Waals surface area contributed by atoms with E-state index in [4.69, 9.17) is 8.83 Å². The number of nitrogens with zero attached hydrogens (tertiary/aromatic N) is 2. The van der Waals surface area contributed by atoms with Gasteiger partial charge >= 0.3 is 12.0 Å². The fourth-order valence-electron chi connectivity index (χ4n) is 1.68. The van der Waals surface area contributed by atoms with Gasteiger partial charge in [-0.2, -0.15) is 9.97 Å². The molecule has 0 unspecified atom stereocenters. The Bertz CT molecular complexity index is 705. The van der Waals surface area contributed by atoms with Gasteiger partial charge in [-0.25, -0.2) is 0 Å². The normalized spacial score (nSPS) is 11.3. The van der Waals surface area contributed by atoms with Crippen molar-refractivity contribution in [1.29, 1.82) is 0 Å². The van der Waals surface area contributed by atoms with Gasteiger partial charge in [0.1, 0.15) is 5.69 Å². The number of aromatic nitrogens is 2. The predicted molar refractivity (Wildman–Crippen MR) is 85.1 cm³/mol. The molecule has 5 heteroatoms. The summed E-state index contributed by atoms with van der Waals surface area (Å²) in [4.78, 5) is 8.52.